The molecule has 0 aromatic heterocycles. The number of urea groups is 1. The summed E-state index contributed by atoms with van der Waals surface area (Å²) in [6, 6.07) is 7.88. The Morgan fingerprint density at radius 2 is 1.74 bits per heavy atom. The number of ether oxygens (including phenoxy) is 2. The van der Waals surface area contributed by atoms with Gasteiger partial charge >= 0.3 is 6.03 Å². The minimum atomic E-state index is -0.347. The third kappa shape index (κ3) is 5.78. The number of piperazine rings is 1. The third-order valence-electron chi connectivity index (χ3n) is 7.64. The smallest absolute Gasteiger partial charge is 0.324 e. The fraction of sp³-hybridized carbons (Fsp3) is 0.654. The Hall–Kier alpha value is -2.65. The Kier molecular flexibility index (Phi) is 8.28. The number of methoxy groups -OCH3 is 2. The minimum absolute atomic E-state index is 0.134. The van der Waals surface area contributed by atoms with E-state index in [1.807, 2.05) is 4.90 Å². The van der Waals surface area contributed by atoms with Crippen molar-refractivity contribution in [2.24, 2.45) is 5.92 Å². The van der Waals surface area contributed by atoms with E-state index < -0.39 is 0 Å². The highest BCUT2D eigenvalue weighted by Crippen LogP contribution is 2.32. The lowest BCUT2D eigenvalue weighted by Gasteiger charge is -2.44. The molecular weight excluding hydrogens is 448 g/mol. The fourth-order valence-electron chi connectivity index (χ4n) is 5.55. The highest BCUT2D eigenvalue weighted by molar-refractivity contribution is 5.98. The van der Waals surface area contributed by atoms with Crippen molar-refractivity contribution in [2.75, 3.05) is 51.8 Å². The van der Waals surface area contributed by atoms with Gasteiger partial charge in [0.15, 0.2) is 0 Å². The summed E-state index contributed by atoms with van der Waals surface area (Å²) in [7, 11) is 3.25. The van der Waals surface area contributed by atoms with Crippen molar-refractivity contribution in [3.05, 3.63) is 29.8 Å². The molecule has 0 spiro atoms. The molecule has 4 atom stereocenters. The van der Waals surface area contributed by atoms with Crippen molar-refractivity contribution >= 4 is 23.5 Å². The SMILES string of the molecule is COC1CC2NC(=O)N(CCCCC(=O)N3CCN(c4cccc(C)c4)CC3)C(=O)C2CC1OC. The van der Waals surface area contributed by atoms with Crippen molar-refractivity contribution < 1.29 is 23.9 Å². The van der Waals surface area contributed by atoms with Gasteiger partial charge in [0.25, 0.3) is 0 Å². The van der Waals surface area contributed by atoms with Gasteiger partial charge in [-0.3, -0.25) is 14.5 Å². The maximum absolute atomic E-state index is 13.1. The Morgan fingerprint density at radius 3 is 2.43 bits per heavy atom. The Balaban J connectivity index is 1.20. The van der Waals surface area contributed by atoms with Crippen LogP contribution in [0.4, 0.5) is 10.5 Å². The number of anilines is 1. The van der Waals surface area contributed by atoms with Gasteiger partial charge in [0.2, 0.25) is 11.8 Å². The number of benzene rings is 1. The fourth-order valence-corrected chi connectivity index (χ4v) is 5.55. The van der Waals surface area contributed by atoms with Crippen molar-refractivity contribution in [3.8, 4) is 0 Å². The van der Waals surface area contributed by atoms with E-state index in [0.717, 1.165) is 13.1 Å². The molecular formula is C26H38N4O5. The van der Waals surface area contributed by atoms with Crippen LogP contribution in [0.5, 0.6) is 0 Å². The molecule has 1 aliphatic carbocycles. The Bertz CT molecular complexity index is 917. The molecule has 0 bridgehead atoms. The first-order chi connectivity index (χ1) is 16.9. The van der Waals surface area contributed by atoms with E-state index in [1.54, 1.807) is 14.2 Å². The van der Waals surface area contributed by atoms with Crippen LogP contribution < -0.4 is 10.2 Å². The van der Waals surface area contributed by atoms with Gasteiger partial charge in [0.1, 0.15) is 0 Å². The molecule has 35 heavy (non-hydrogen) atoms. The zero-order chi connectivity index (χ0) is 24.9. The Morgan fingerprint density at radius 1 is 1.03 bits per heavy atom. The molecule has 192 valence electrons. The number of fused-ring (bicyclic) bond motifs is 1. The van der Waals surface area contributed by atoms with Crippen molar-refractivity contribution in [2.45, 2.75) is 57.3 Å². The topological polar surface area (TPSA) is 91.4 Å². The maximum Gasteiger partial charge on any atom is 0.324 e. The van der Waals surface area contributed by atoms with Gasteiger partial charge in [-0.25, -0.2) is 4.79 Å². The van der Waals surface area contributed by atoms with E-state index in [4.69, 9.17) is 9.47 Å². The number of carbonyl (C=O) groups is 3. The summed E-state index contributed by atoms with van der Waals surface area (Å²) in [5.74, 6) is -0.298. The van der Waals surface area contributed by atoms with Gasteiger partial charge in [-0.2, -0.15) is 0 Å². The number of carbonyl (C=O) groups excluding carboxylic acids is 3. The number of unbranched alkanes of at least 4 members (excludes halogenated alkanes) is 1. The molecule has 2 saturated heterocycles. The summed E-state index contributed by atoms with van der Waals surface area (Å²) in [4.78, 5) is 43.9. The normalized spacial score (nSPS) is 27.0. The summed E-state index contributed by atoms with van der Waals surface area (Å²) in [5.41, 5.74) is 2.44. The van der Waals surface area contributed by atoms with Crippen LogP contribution in [0.25, 0.3) is 0 Å². The van der Waals surface area contributed by atoms with Crippen LogP contribution in [0.3, 0.4) is 0 Å². The molecule has 1 aromatic carbocycles. The highest BCUT2D eigenvalue weighted by Gasteiger charge is 2.47. The molecule has 2 heterocycles. The first-order valence-electron chi connectivity index (χ1n) is 12.7. The largest absolute Gasteiger partial charge is 0.379 e. The number of nitrogens with zero attached hydrogens (tertiary/aromatic N) is 3. The molecule has 1 aromatic rings. The predicted octanol–water partition coefficient (Wildman–Crippen LogP) is 2.17. The van der Waals surface area contributed by atoms with Gasteiger partial charge in [-0.15, -0.1) is 0 Å². The summed E-state index contributed by atoms with van der Waals surface area (Å²) in [6.45, 7) is 5.50. The monoisotopic (exact) mass is 486 g/mol. The average Bonchev–Trinajstić information content (AvgIpc) is 2.87. The van der Waals surface area contributed by atoms with Crippen LogP contribution in [0.1, 0.15) is 37.7 Å². The summed E-state index contributed by atoms with van der Waals surface area (Å²) in [6.07, 6.45) is 2.49. The first kappa shape index (κ1) is 25.4. The molecule has 4 rings (SSSR count). The van der Waals surface area contributed by atoms with Gasteiger partial charge in [-0.05, 0) is 50.3 Å². The minimum Gasteiger partial charge on any atom is -0.379 e. The van der Waals surface area contributed by atoms with E-state index in [9.17, 15) is 14.4 Å². The number of hydrogen-bond donors (Lipinski definition) is 1. The molecule has 4 unspecified atom stereocenters. The first-order valence-corrected chi connectivity index (χ1v) is 12.7. The van der Waals surface area contributed by atoms with Gasteiger partial charge in [-0.1, -0.05) is 12.1 Å². The quantitative estimate of drug-likeness (QED) is 0.567. The summed E-state index contributed by atoms with van der Waals surface area (Å²) >= 11 is 0. The molecule has 3 fully saturated rings. The average molecular weight is 487 g/mol. The molecule has 0 radical (unpaired) electrons. The van der Waals surface area contributed by atoms with Crippen LogP contribution in [0.2, 0.25) is 0 Å². The zero-order valence-electron chi connectivity index (χ0n) is 21.1. The highest BCUT2D eigenvalue weighted by atomic mass is 16.5. The predicted molar refractivity (Wildman–Crippen MR) is 132 cm³/mol. The van der Waals surface area contributed by atoms with Crippen LogP contribution in [0, 0.1) is 12.8 Å². The number of imide groups is 1. The molecule has 4 amide bonds. The van der Waals surface area contributed by atoms with Crippen LogP contribution >= 0.6 is 0 Å². The van der Waals surface area contributed by atoms with E-state index in [2.05, 4.69) is 41.4 Å². The summed E-state index contributed by atoms with van der Waals surface area (Å²) in [5, 5.41) is 2.98. The molecule has 2 aliphatic heterocycles. The lowest BCUT2D eigenvalue weighted by molar-refractivity contribution is -0.144. The second-order valence-electron chi connectivity index (χ2n) is 9.84. The molecule has 9 heteroatoms. The summed E-state index contributed by atoms with van der Waals surface area (Å²) < 4.78 is 11.0. The molecule has 1 saturated carbocycles. The Labute approximate surface area is 207 Å². The number of rotatable bonds is 8. The maximum atomic E-state index is 13.1. The standard InChI is InChI=1S/C26H38N4O5/c1-18-7-6-8-19(15-18)28-11-13-29(14-12-28)24(31)9-4-5-10-30-25(32)20-16-22(34-2)23(35-3)17-21(20)27-26(30)33/h6-8,15,20-23H,4-5,9-14,16-17H2,1-3H3,(H,27,33). The van der Waals surface area contributed by atoms with E-state index in [0.29, 0.717) is 51.7 Å². The molecule has 3 aliphatic rings. The lowest BCUT2D eigenvalue weighted by atomic mass is 9.79. The van der Waals surface area contributed by atoms with Crippen molar-refractivity contribution in [3.63, 3.8) is 0 Å². The van der Waals surface area contributed by atoms with E-state index >= 15 is 0 Å². The van der Waals surface area contributed by atoms with E-state index in [-0.39, 0.29) is 42.0 Å². The van der Waals surface area contributed by atoms with E-state index in [1.165, 1.54) is 16.2 Å². The lowest BCUT2D eigenvalue weighted by Crippen LogP contribution is -2.64. The number of hydrogen-bond acceptors (Lipinski definition) is 6. The van der Waals surface area contributed by atoms with Crippen LogP contribution in [0.15, 0.2) is 24.3 Å². The zero-order valence-corrected chi connectivity index (χ0v) is 21.1. The van der Waals surface area contributed by atoms with Crippen molar-refractivity contribution in [1.82, 2.24) is 15.1 Å². The number of amides is 4. The van der Waals surface area contributed by atoms with Crippen molar-refractivity contribution in [1.29, 1.82) is 0 Å². The van der Waals surface area contributed by atoms with Gasteiger partial charge < -0.3 is 24.6 Å². The van der Waals surface area contributed by atoms with Crippen LogP contribution in [-0.4, -0.2) is 92.8 Å². The number of aryl methyl sites for hydroxylation is 1. The second-order valence-corrected chi connectivity index (χ2v) is 9.84. The third-order valence-corrected chi connectivity index (χ3v) is 7.64. The van der Waals surface area contributed by atoms with Gasteiger partial charge in [0.05, 0.1) is 18.1 Å². The molecule has 1 N–H and O–H groups in total. The second kappa shape index (κ2) is 11.4. The number of nitrogens with one attached hydrogen (secondary N) is 1. The van der Waals surface area contributed by atoms with Gasteiger partial charge in [0, 0.05) is 65.1 Å². The molecule has 9 nitrogen and oxygen atoms in total. The van der Waals surface area contributed by atoms with Crippen LogP contribution in [-0.2, 0) is 19.1 Å².